The Morgan fingerprint density at radius 3 is 2.36 bits per heavy atom. The van der Waals surface area contributed by atoms with Gasteiger partial charge in [-0.3, -0.25) is 4.98 Å². The van der Waals surface area contributed by atoms with E-state index in [0.717, 1.165) is 10.9 Å². The quantitative estimate of drug-likeness (QED) is 0.388. The molecule has 0 amide bonds. The minimum Gasteiger partial charge on any atom is -0.422 e. The topological polar surface area (TPSA) is 61.6 Å². The second-order valence-electron chi connectivity index (χ2n) is 7.64. The summed E-state index contributed by atoms with van der Waals surface area (Å²) >= 11 is 0. The summed E-state index contributed by atoms with van der Waals surface area (Å²) in [6.07, 6.45) is 1.71. The van der Waals surface area contributed by atoms with Crippen LogP contribution in [0.25, 0.3) is 21.9 Å². The summed E-state index contributed by atoms with van der Waals surface area (Å²) < 4.78 is 17.6. The van der Waals surface area contributed by atoms with Gasteiger partial charge in [0.1, 0.15) is 5.58 Å². The number of rotatable bonds is 1. The second-order valence-corrected chi connectivity index (χ2v) is 7.64. The highest BCUT2D eigenvalue weighted by atomic mass is 16.7. The van der Waals surface area contributed by atoms with Gasteiger partial charge < -0.3 is 13.7 Å². The molecule has 3 aromatic rings. The zero-order valence-electron chi connectivity index (χ0n) is 15.0. The number of aromatic nitrogens is 1. The maximum Gasteiger partial charge on any atom is 0.496 e. The minimum absolute atomic E-state index is 0.405. The van der Waals surface area contributed by atoms with Crippen molar-refractivity contribution in [2.75, 3.05) is 0 Å². The molecular weight excluding hydrogens is 317 g/mol. The van der Waals surface area contributed by atoms with Crippen molar-refractivity contribution in [2.24, 2.45) is 0 Å². The number of hydrogen-bond donors (Lipinski definition) is 0. The number of pyridine rings is 1. The van der Waals surface area contributed by atoms with Crippen LogP contribution in [0, 0.1) is 6.92 Å². The summed E-state index contributed by atoms with van der Waals surface area (Å²) in [5, 5.41) is 1.26. The largest absolute Gasteiger partial charge is 0.496 e. The van der Waals surface area contributed by atoms with Crippen molar-refractivity contribution in [3.05, 3.63) is 46.4 Å². The molecule has 0 atom stereocenters. The standard InChI is InChI=1S/C19H20BNO4/c1-11-6-7-15-13(8-11)16-14(17(22)23-15)9-12(10-21-16)20-24-18(2,3)19(4,5)25-20/h6-10H,1-5H3. The Morgan fingerprint density at radius 1 is 1.00 bits per heavy atom. The number of hydrogen-bond acceptors (Lipinski definition) is 5. The number of nitrogens with zero attached hydrogens (tertiary/aromatic N) is 1. The molecule has 1 aromatic carbocycles. The molecule has 1 fully saturated rings. The summed E-state index contributed by atoms with van der Waals surface area (Å²) in [6, 6.07) is 7.45. The lowest BCUT2D eigenvalue weighted by molar-refractivity contribution is 0.00578. The van der Waals surface area contributed by atoms with Gasteiger partial charge >= 0.3 is 12.7 Å². The van der Waals surface area contributed by atoms with Crippen molar-refractivity contribution in [1.82, 2.24) is 4.98 Å². The van der Waals surface area contributed by atoms with E-state index in [9.17, 15) is 4.79 Å². The molecule has 0 spiro atoms. The summed E-state index contributed by atoms with van der Waals surface area (Å²) in [7, 11) is -0.561. The van der Waals surface area contributed by atoms with Crippen LogP contribution in [0.5, 0.6) is 0 Å². The lowest BCUT2D eigenvalue weighted by Crippen LogP contribution is -2.41. The highest BCUT2D eigenvalue weighted by Gasteiger charge is 2.51. The zero-order chi connectivity index (χ0) is 18.0. The van der Waals surface area contributed by atoms with Gasteiger partial charge in [0.05, 0.1) is 22.1 Å². The summed E-state index contributed by atoms with van der Waals surface area (Å²) in [5.74, 6) is 0. The SMILES string of the molecule is Cc1ccc2oc(=O)c3cc(B4OC(C)(C)C(C)(C)O4)cnc3c2c1. The summed E-state index contributed by atoms with van der Waals surface area (Å²) in [4.78, 5) is 16.9. The first kappa shape index (κ1) is 16.3. The fraction of sp³-hybridized carbons (Fsp3) is 0.368. The van der Waals surface area contributed by atoms with Crippen LogP contribution in [0.4, 0.5) is 0 Å². The highest BCUT2D eigenvalue weighted by molar-refractivity contribution is 6.62. The van der Waals surface area contributed by atoms with Crippen LogP contribution in [0.2, 0.25) is 0 Å². The first-order valence-electron chi connectivity index (χ1n) is 8.37. The second kappa shape index (κ2) is 5.16. The third-order valence-electron chi connectivity index (χ3n) is 5.25. The van der Waals surface area contributed by atoms with Crippen molar-refractivity contribution in [3.8, 4) is 0 Å². The Hall–Kier alpha value is -2.18. The van der Waals surface area contributed by atoms with Crippen molar-refractivity contribution < 1.29 is 13.7 Å². The van der Waals surface area contributed by atoms with Gasteiger partial charge in [-0.15, -0.1) is 0 Å². The van der Waals surface area contributed by atoms with E-state index in [1.54, 1.807) is 18.3 Å². The van der Waals surface area contributed by atoms with E-state index in [2.05, 4.69) is 4.98 Å². The van der Waals surface area contributed by atoms with Crippen LogP contribution < -0.4 is 11.1 Å². The van der Waals surface area contributed by atoms with Crippen LogP contribution in [0.1, 0.15) is 33.3 Å². The molecule has 6 heteroatoms. The van der Waals surface area contributed by atoms with Crippen LogP contribution >= 0.6 is 0 Å². The maximum absolute atomic E-state index is 12.4. The normalized spacial score (nSPS) is 19.0. The fourth-order valence-corrected chi connectivity index (χ4v) is 3.03. The van der Waals surface area contributed by atoms with Crippen LogP contribution in [-0.4, -0.2) is 23.3 Å². The van der Waals surface area contributed by atoms with E-state index < -0.39 is 23.9 Å². The van der Waals surface area contributed by atoms with Crippen molar-refractivity contribution in [2.45, 2.75) is 45.8 Å². The number of aryl methyl sites for hydroxylation is 1. The van der Waals surface area contributed by atoms with E-state index in [0.29, 0.717) is 21.9 Å². The molecule has 5 nitrogen and oxygen atoms in total. The van der Waals surface area contributed by atoms with Crippen LogP contribution in [0.3, 0.4) is 0 Å². The molecule has 0 radical (unpaired) electrons. The van der Waals surface area contributed by atoms with Gasteiger partial charge in [0.25, 0.3) is 0 Å². The van der Waals surface area contributed by atoms with Crippen molar-refractivity contribution >= 4 is 34.5 Å². The van der Waals surface area contributed by atoms with Gasteiger partial charge in [-0.25, -0.2) is 4.79 Å². The summed E-state index contributed by atoms with van der Waals surface area (Å²) in [5.41, 5.74) is 1.67. The van der Waals surface area contributed by atoms with Gasteiger partial charge in [0, 0.05) is 17.0 Å². The highest BCUT2D eigenvalue weighted by Crippen LogP contribution is 2.36. The molecular formula is C19H20BNO4. The Bertz CT molecular complexity index is 1040. The molecule has 2 aromatic heterocycles. The molecule has 0 bridgehead atoms. The van der Waals surface area contributed by atoms with Crippen molar-refractivity contribution in [3.63, 3.8) is 0 Å². The van der Waals surface area contributed by atoms with E-state index in [1.807, 2.05) is 46.8 Å². The van der Waals surface area contributed by atoms with Crippen molar-refractivity contribution in [1.29, 1.82) is 0 Å². The summed E-state index contributed by atoms with van der Waals surface area (Å²) in [6.45, 7) is 9.96. The molecule has 0 aliphatic carbocycles. The minimum atomic E-state index is -0.561. The first-order valence-corrected chi connectivity index (χ1v) is 8.37. The predicted molar refractivity (Wildman–Crippen MR) is 98.2 cm³/mol. The molecule has 25 heavy (non-hydrogen) atoms. The first-order chi connectivity index (χ1) is 11.7. The van der Waals surface area contributed by atoms with Gasteiger partial charge in [-0.2, -0.15) is 0 Å². The third kappa shape index (κ3) is 2.48. The molecule has 1 aliphatic rings. The van der Waals surface area contributed by atoms with Gasteiger partial charge in [-0.1, -0.05) is 11.6 Å². The fourth-order valence-electron chi connectivity index (χ4n) is 3.03. The predicted octanol–water partition coefficient (Wildman–Crippen LogP) is 2.95. The van der Waals surface area contributed by atoms with Gasteiger partial charge in [0.2, 0.25) is 0 Å². The Morgan fingerprint density at radius 2 is 1.68 bits per heavy atom. The van der Waals surface area contributed by atoms with E-state index in [4.69, 9.17) is 13.7 Å². The van der Waals surface area contributed by atoms with Crippen LogP contribution in [0.15, 0.2) is 39.7 Å². The Labute approximate surface area is 146 Å². The molecule has 1 saturated heterocycles. The van der Waals surface area contributed by atoms with Crippen LogP contribution in [-0.2, 0) is 9.31 Å². The molecule has 4 rings (SSSR count). The average molecular weight is 337 g/mol. The van der Waals surface area contributed by atoms with Gasteiger partial charge in [-0.05, 0) is 52.8 Å². The Balaban J connectivity index is 1.88. The monoisotopic (exact) mass is 337 g/mol. The molecule has 128 valence electrons. The van der Waals surface area contributed by atoms with E-state index in [-0.39, 0.29) is 0 Å². The molecule has 0 saturated carbocycles. The molecule has 0 unspecified atom stereocenters. The number of fused-ring (bicyclic) bond motifs is 3. The third-order valence-corrected chi connectivity index (χ3v) is 5.25. The molecule has 3 heterocycles. The average Bonchev–Trinajstić information content (AvgIpc) is 2.76. The molecule has 1 aliphatic heterocycles. The van der Waals surface area contributed by atoms with Gasteiger partial charge in [0.15, 0.2) is 0 Å². The maximum atomic E-state index is 12.4. The smallest absolute Gasteiger partial charge is 0.422 e. The Kier molecular flexibility index (Phi) is 3.37. The lowest BCUT2D eigenvalue weighted by Gasteiger charge is -2.32. The number of benzene rings is 1. The molecule has 0 N–H and O–H groups in total. The zero-order valence-corrected chi connectivity index (χ0v) is 15.0. The van der Waals surface area contributed by atoms with E-state index >= 15 is 0 Å². The van der Waals surface area contributed by atoms with E-state index in [1.165, 1.54) is 0 Å². The lowest BCUT2D eigenvalue weighted by atomic mass is 9.80.